The number of hydrogen-bond acceptors (Lipinski definition) is 3. The molecule has 0 bridgehead atoms. The van der Waals surface area contributed by atoms with Crippen LogP contribution in [0.2, 0.25) is 0 Å². The van der Waals surface area contributed by atoms with Crippen molar-refractivity contribution in [3.8, 4) is 11.3 Å². The molecule has 0 aliphatic heterocycles. The Bertz CT molecular complexity index is 638. The number of nitrogens with zero attached hydrogens (tertiary/aromatic N) is 1. The second-order valence-electron chi connectivity index (χ2n) is 5.18. The van der Waals surface area contributed by atoms with Crippen LogP contribution in [0.3, 0.4) is 0 Å². The lowest BCUT2D eigenvalue weighted by Crippen LogP contribution is -2.28. The highest BCUT2D eigenvalue weighted by Crippen LogP contribution is 2.24. The average molecular weight is 294 g/mol. The van der Waals surface area contributed by atoms with Gasteiger partial charge >= 0.3 is 0 Å². The number of hydrogen-bond donors (Lipinski definition) is 1. The maximum absolute atomic E-state index is 13.6. The highest BCUT2D eigenvalue weighted by atomic mass is 19.1. The zero-order valence-corrected chi connectivity index (χ0v) is 11.8. The molecular formula is C15H16F2N2O2. The molecule has 21 heavy (non-hydrogen) atoms. The molecule has 0 saturated heterocycles. The summed E-state index contributed by atoms with van der Waals surface area (Å²) in [7, 11) is 0. The molecule has 0 spiro atoms. The molecule has 6 heteroatoms. The fraction of sp³-hybridized carbons (Fsp3) is 0.333. The van der Waals surface area contributed by atoms with Gasteiger partial charge in [-0.3, -0.25) is 4.79 Å². The SMILES string of the molecule is CC(C)CNC(=O)Cc1cc(-c2ccc(F)cc2F)on1. The molecule has 0 aliphatic rings. The Morgan fingerprint density at radius 3 is 2.76 bits per heavy atom. The molecule has 0 unspecified atom stereocenters. The molecule has 1 aromatic heterocycles. The summed E-state index contributed by atoms with van der Waals surface area (Å²) in [4.78, 5) is 11.7. The van der Waals surface area contributed by atoms with E-state index >= 15 is 0 Å². The summed E-state index contributed by atoms with van der Waals surface area (Å²) in [6, 6.07) is 4.65. The summed E-state index contributed by atoms with van der Waals surface area (Å²) in [6.45, 7) is 4.56. The summed E-state index contributed by atoms with van der Waals surface area (Å²) in [6.07, 6.45) is 0.0546. The number of nitrogens with one attached hydrogen (secondary N) is 1. The molecule has 2 rings (SSSR count). The van der Waals surface area contributed by atoms with Gasteiger partial charge in [-0.15, -0.1) is 0 Å². The first-order chi connectivity index (χ1) is 9.95. The van der Waals surface area contributed by atoms with E-state index in [-0.39, 0.29) is 23.7 Å². The predicted molar refractivity (Wildman–Crippen MR) is 73.4 cm³/mol. The van der Waals surface area contributed by atoms with E-state index in [1.54, 1.807) is 0 Å². The Kier molecular flexibility index (Phi) is 4.67. The van der Waals surface area contributed by atoms with Crippen LogP contribution in [0.25, 0.3) is 11.3 Å². The minimum absolute atomic E-state index is 0.0546. The standard InChI is InChI=1S/C15H16F2N2O2/c1-9(2)8-18-15(20)7-11-6-14(21-19-11)12-4-3-10(16)5-13(12)17/h3-6,9H,7-8H2,1-2H3,(H,18,20). The van der Waals surface area contributed by atoms with Crippen LogP contribution in [0.5, 0.6) is 0 Å². The number of amides is 1. The minimum atomic E-state index is -0.734. The van der Waals surface area contributed by atoms with Crippen LogP contribution in [-0.2, 0) is 11.2 Å². The van der Waals surface area contributed by atoms with Gasteiger partial charge in [-0.25, -0.2) is 8.78 Å². The van der Waals surface area contributed by atoms with Gasteiger partial charge in [0, 0.05) is 18.7 Å². The van der Waals surface area contributed by atoms with Gasteiger partial charge in [0.05, 0.1) is 17.7 Å². The van der Waals surface area contributed by atoms with E-state index in [1.165, 1.54) is 12.1 Å². The number of benzene rings is 1. The molecule has 4 nitrogen and oxygen atoms in total. The molecule has 0 radical (unpaired) electrons. The lowest BCUT2D eigenvalue weighted by molar-refractivity contribution is -0.120. The van der Waals surface area contributed by atoms with Gasteiger partial charge in [-0.1, -0.05) is 19.0 Å². The third-order valence-corrected chi connectivity index (χ3v) is 2.80. The number of carbonyl (C=O) groups is 1. The number of carbonyl (C=O) groups excluding carboxylic acids is 1. The van der Waals surface area contributed by atoms with E-state index in [0.29, 0.717) is 18.2 Å². The van der Waals surface area contributed by atoms with Gasteiger partial charge in [0.15, 0.2) is 5.76 Å². The average Bonchev–Trinajstić information content (AvgIpc) is 2.84. The van der Waals surface area contributed by atoms with Crippen LogP contribution in [-0.4, -0.2) is 17.6 Å². The van der Waals surface area contributed by atoms with Crippen LogP contribution in [0, 0.1) is 17.6 Å². The van der Waals surface area contributed by atoms with Crippen LogP contribution in [0.4, 0.5) is 8.78 Å². The van der Waals surface area contributed by atoms with E-state index in [1.807, 2.05) is 13.8 Å². The van der Waals surface area contributed by atoms with Gasteiger partial charge in [-0.05, 0) is 18.1 Å². The molecule has 0 atom stereocenters. The summed E-state index contributed by atoms with van der Waals surface area (Å²) in [5.74, 6) is -1.05. The fourth-order valence-electron chi connectivity index (χ4n) is 1.76. The molecule has 0 aliphatic carbocycles. The summed E-state index contributed by atoms with van der Waals surface area (Å²) >= 11 is 0. The minimum Gasteiger partial charge on any atom is -0.356 e. The van der Waals surface area contributed by atoms with Gasteiger partial charge in [-0.2, -0.15) is 0 Å². The molecular weight excluding hydrogens is 278 g/mol. The van der Waals surface area contributed by atoms with Crippen molar-refractivity contribution in [1.82, 2.24) is 10.5 Å². The summed E-state index contributed by atoms with van der Waals surface area (Å²) in [5, 5.41) is 6.48. The van der Waals surface area contributed by atoms with Crippen molar-refractivity contribution in [3.63, 3.8) is 0 Å². The van der Waals surface area contributed by atoms with Gasteiger partial charge in [0.1, 0.15) is 11.6 Å². The lowest BCUT2D eigenvalue weighted by atomic mass is 10.1. The third-order valence-electron chi connectivity index (χ3n) is 2.80. The van der Waals surface area contributed by atoms with Gasteiger partial charge < -0.3 is 9.84 Å². The Labute approximate surface area is 121 Å². The van der Waals surface area contributed by atoms with E-state index < -0.39 is 11.6 Å². The topological polar surface area (TPSA) is 55.1 Å². The predicted octanol–water partition coefficient (Wildman–Crippen LogP) is 2.93. The number of rotatable bonds is 5. The molecule has 2 aromatic rings. The second kappa shape index (κ2) is 6.47. The molecule has 1 aromatic carbocycles. The zero-order valence-electron chi connectivity index (χ0n) is 11.8. The Morgan fingerprint density at radius 2 is 2.10 bits per heavy atom. The van der Waals surface area contributed by atoms with Crippen molar-refractivity contribution < 1.29 is 18.1 Å². The molecule has 1 N–H and O–H groups in total. The summed E-state index contributed by atoms with van der Waals surface area (Å²) in [5.41, 5.74) is 0.507. The third kappa shape index (κ3) is 4.11. The van der Waals surface area contributed by atoms with Gasteiger partial charge in [0.2, 0.25) is 5.91 Å². The van der Waals surface area contributed by atoms with Crippen molar-refractivity contribution in [3.05, 3.63) is 41.6 Å². The van der Waals surface area contributed by atoms with E-state index in [4.69, 9.17) is 4.52 Å². The lowest BCUT2D eigenvalue weighted by Gasteiger charge is -2.05. The van der Waals surface area contributed by atoms with Gasteiger partial charge in [0.25, 0.3) is 0 Å². The first-order valence-corrected chi connectivity index (χ1v) is 6.63. The number of aromatic nitrogens is 1. The van der Waals surface area contributed by atoms with Crippen molar-refractivity contribution in [2.45, 2.75) is 20.3 Å². The first kappa shape index (κ1) is 15.2. The van der Waals surface area contributed by atoms with Crippen molar-refractivity contribution in [1.29, 1.82) is 0 Å². The summed E-state index contributed by atoms with van der Waals surface area (Å²) < 4.78 is 31.5. The Hall–Kier alpha value is -2.24. The molecule has 112 valence electrons. The van der Waals surface area contributed by atoms with Crippen molar-refractivity contribution >= 4 is 5.91 Å². The van der Waals surface area contributed by atoms with E-state index in [0.717, 1.165) is 12.1 Å². The molecule has 0 fully saturated rings. The van der Waals surface area contributed by atoms with Crippen LogP contribution < -0.4 is 5.32 Å². The first-order valence-electron chi connectivity index (χ1n) is 6.63. The monoisotopic (exact) mass is 294 g/mol. The van der Waals surface area contributed by atoms with Crippen LogP contribution in [0.1, 0.15) is 19.5 Å². The van der Waals surface area contributed by atoms with Crippen molar-refractivity contribution in [2.24, 2.45) is 5.92 Å². The zero-order chi connectivity index (χ0) is 15.4. The van der Waals surface area contributed by atoms with E-state index in [2.05, 4.69) is 10.5 Å². The highest BCUT2D eigenvalue weighted by molar-refractivity contribution is 5.78. The second-order valence-corrected chi connectivity index (χ2v) is 5.18. The van der Waals surface area contributed by atoms with Crippen LogP contribution >= 0.6 is 0 Å². The molecule has 1 amide bonds. The molecule has 1 heterocycles. The fourth-order valence-corrected chi connectivity index (χ4v) is 1.76. The van der Waals surface area contributed by atoms with Crippen LogP contribution in [0.15, 0.2) is 28.8 Å². The Balaban J connectivity index is 2.06. The Morgan fingerprint density at radius 1 is 1.33 bits per heavy atom. The maximum atomic E-state index is 13.6. The highest BCUT2D eigenvalue weighted by Gasteiger charge is 2.14. The molecule has 0 saturated carbocycles. The smallest absolute Gasteiger partial charge is 0.226 e. The number of halogens is 2. The largest absolute Gasteiger partial charge is 0.356 e. The van der Waals surface area contributed by atoms with E-state index in [9.17, 15) is 13.6 Å². The maximum Gasteiger partial charge on any atom is 0.226 e. The normalized spacial score (nSPS) is 10.9. The van der Waals surface area contributed by atoms with Crippen molar-refractivity contribution in [2.75, 3.05) is 6.54 Å². The quantitative estimate of drug-likeness (QED) is 0.922.